The Bertz CT molecular complexity index is 505. The predicted molar refractivity (Wildman–Crippen MR) is 86.2 cm³/mol. The van der Waals surface area contributed by atoms with Crippen LogP contribution >= 0.6 is 34.9 Å². The molecule has 106 valence electrons. The number of aromatic nitrogens is 2. The van der Waals surface area contributed by atoms with Gasteiger partial charge in [0.2, 0.25) is 5.91 Å². The van der Waals surface area contributed by atoms with E-state index >= 15 is 0 Å². The van der Waals surface area contributed by atoms with Crippen molar-refractivity contribution in [3.63, 3.8) is 0 Å². The van der Waals surface area contributed by atoms with Crippen LogP contribution in [0, 0.1) is 0 Å². The maximum atomic E-state index is 11.6. The van der Waals surface area contributed by atoms with Crippen LogP contribution in [0.5, 0.6) is 0 Å². The molecule has 2 rings (SSSR count). The Kier molecular flexibility index (Phi) is 6.90. The number of nitrogens with one attached hydrogen (secondary N) is 1. The van der Waals surface area contributed by atoms with Crippen LogP contribution in [0.25, 0.3) is 0 Å². The van der Waals surface area contributed by atoms with Gasteiger partial charge in [-0.15, -0.1) is 10.2 Å². The van der Waals surface area contributed by atoms with Crippen LogP contribution in [0.15, 0.2) is 40.2 Å². The lowest BCUT2D eigenvalue weighted by Gasteiger charge is -2.04. The molecule has 0 bridgehead atoms. The van der Waals surface area contributed by atoms with Gasteiger partial charge in [0.15, 0.2) is 4.34 Å². The fourth-order valence-electron chi connectivity index (χ4n) is 1.43. The monoisotopic (exact) mass is 325 g/mol. The van der Waals surface area contributed by atoms with Crippen LogP contribution in [0.4, 0.5) is 0 Å². The lowest BCUT2D eigenvalue weighted by molar-refractivity contribution is -0.118. The van der Waals surface area contributed by atoms with Crippen molar-refractivity contribution in [1.29, 1.82) is 0 Å². The van der Waals surface area contributed by atoms with Crippen LogP contribution in [-0.2, 0) is 10.5 Å². The number of carbonyl (C=O) groups excluding carboxylic acids is 1. The van der Waals surface area contributed by atoms with Crippen LogP contribution in [0.2, 0.25) is 0 Å². The zero-order chi connectivity index (χ0) is 14.0. The molecule has 0 saturated carbocycles. The number of hydrogen-bond acceptors (Lipinski definition) is 6. The van der Waals surface area contributed by atoms with E-state index in [9.17, 15) is 4.79 Å². The summed E-state index contributed by atoms with van der Waals surface area (Å²) in [5, 5.41) is 10.5. The van der Waals surface area contributed by atoms with Gasteiger partial charge < -0.3 is 5.32 Å². The van der Waals surface area contributed by atoms with E-state index in [2.05, 4.69) is 27.6 Å². The van der Waals surface area contributed by atoms with E-state index in [4.69, 9.17) is 0 Å². The van der Waals surface area contributed by atoms with E-state index < -0.39 is 0 Å². The smallest absolute Gasteiger partial charge is 0.230 e. The summed E-state index contributed by atoms with van der Waals surface area (Å²) in [5.41, 5.74) is 2.98. The average Bonchev–Trinajstić information content (AvgIpc) is 2.99. The molecule has 0 radical (unpaired) electrons. The van der Waals surface area contributed by atoms with Crippen molar-refractivity contribution in [3.05, 3.63) is 41.4 Å². The molecule has 2 aromatic rings. The minimum Gasteiger partial charge on any atom is -0.355 e. The highest BCUT2D eigenvalue weighted by Crippen LogP contribution is 2.18. The highest BCUT2D eigenvalue weighted by atomic mass is 32.2. The third-order valence-corrected chi connectivity index (χ3v) is 5.24. The minimum absolute atomic E-state index is 0.0468. The van der Waals surface area contributed by atoms with Crippen molar-refractivity contribution >= 4 is 40.8 Å². The summed E-state index contributed by atoms with van der Waals surface area (Å²) in [6.07, 6.45) is 0. The van der Waals surface area contributed by atoms with Gasteiger partial charge in [0, 0.05) is 18.1 Å². The predicted octanol–water partition coefficient (Wildman–Crippen LogP) is 2.68. The number of rotatable bonds is 8. The third kappa shape index (κ3) is 5.94. The molecule has 0 atom stereocenters. The van der Waals surface area contributed by atoms with Gasteiger partial charge in [0.1, 0.15) is 5.51 Å². The molecule has 0 saturated heterocycles. The maximum absolute atomic E-state index is 11.6. The second-order valence-corrected chi connectivity index (χ2v) is 7.04. The van der Waals surface area contributed by atoms with E-state index in [0.717, 1.165) is 15.8 Å². The van der Waals surface area contributed by atoms with E-state index in [1.54, 1.807) is 5.51 Å². The van der Waals surface area contributed by atoms with Crippen LogP contribution in [0.1, 0.15) is 5.56 Å². The summed E-state index contributed by atoms with van der Waals surface area (Å²) in [7, 11) is 0. The van der Waals surface area contributed by atoms with Gasteiger partial charge in [-0.25, -0.2) is 0 Å². The Morgan fingerprint density at radius 2 is 2.15 bits per heavy atom. The molecule has 1 N–H and O–H groups in total. The SMILES string of the molecule is O=C(CSc1nncs1)NCCSCc1ccccc1. The Hall–Kier alpha value is -1.05. The normalized spacial score (nSPS) is 10.4. The summed E-state index contributed by atoms with van der Waals surface area (Å²) in [4.78, 5) is 11.6. The molecule has 0 aliphatic carbocycles. The average molecular weight is 325 g/mol. The van der Waals surface area contributed by atoms with Crippen LogP contribution in [0.3, 0.4) is 0 Å². The first kappa shape index (κ1) is 15.3. The van der Waals surface area contributed by atoms with Gasteiger partial charge in [0.25, 0.3) is 0 Å². The van der Waals surface area contributed by atoms with Crippen molar-refractivity contribution in [2.45, 2.75) is 10.1 Å². The van der Waals surface area contributed by atoms with Gasteiger partial charge >= 0.3 is 0 Å². The van der Waals surface area contributed by atoms with Crippen LogP contribution < -0.4 is 5.32 Å². The second kappa shape index (κ2) is 8.99. The molecule has 0 aliphatic heterocycles. The summed E-state index contributed by atoms with van der Waals surface area (Å²) >= 11 is 4.70. The molecule has 0 fully saturated rings. The first-order chi connectivity index (χ1) is 9.84. The van der Waals surface area contributed by atoms with Crippen molar-refractivity contribution in [1.82, 2.24) is 15.5 Å². The molecule has 7 heteroatoms. The molecule has 1 heterocycles. The van der Waals surface area contributed by atoms with Crippen molar-refractivity contribution in [2.75, 3.05) is 18.1 Å². The lowest BCUT2D eigenvalue weighted by atomic mass is 10.2. The van der Waals surface area contributed by atoms with Crippen LogP contribution in [-0.4, -0.2) is 34.2 Å². The molecule has 0 aliphatic rings. The van der Waals surface area contributed by atoms with E-state index in [1.165, 1.54) is 28.7 Å². The number of thioether (sulfide) groups is 2. The quantitative estimate of drug-likeness (QED) is 0.597. The molecule has 0 unspecified atom stereocenters. The summed E-state index contributed by atoms with van der Waals surface area (Å²) in [6.45, 7) is 0.701. The highest BCUT2D eigenvalue weighted by Gasteiger charge is 2.04. The fourth-order valence-corrected chi connectivity index (χ4v) is 3.57. The molecule has 1 aromatic heterocycles. The molecule has 1 amide bonds. The maximum Gasteiger partial charge on any atom is 0.230 e. The van der Waals surface area contributed by atoms with Crippen molar-refractivity contribution in [2.24, 2.45) is 0 Å². The van der Waals surface area contributed by atoms with Gasteiger partial charge in [-0.3, -0.25) is 4.79 Å². The van der Waals surface area contributed by atoms with Crippen molar-refractivity contribution < 1.29 is 4.79 Å². The Morgan fingerprint density at radius 1 is 1.30 bits per heavy atom. The van der Waals surface area contributed by atoms with Gasteiger partial charge in [-0.2, -0.15) is 11.8 Å². The molecular weight excluding hydrogens is 310 g/mol. The van der Waals surface area contributed by atoms with E-state index in [0.29, 0.717) is 12.3 Å². The van der Waals surface area contributed by atoms with Gasteiger partial charge in [0.05, 0.1) is 5.75 Å². The molecular formula is C13H15N3OS3. The zero-order valence-electron chi connectivity index (χ0n) is 10.8. The third-order valence-electron chi connectivity index (χ3n) is 2.35. The highest BCUT2D eigenvalue weighted by molar-refractivity contribution is 8.01. The number of nitrogens with zero attached hydrogens (tertiary/aromatic N) is 2. The molecule has 1 aromatic carbocycles. The Balaban J connectivity index is 1.51. The zero-order valence-corrected chi connectivity index (χ0v) is 13.3. The standard InChI is InChI=1S/C13H15N3OS3/c17-12(9-19-13-16-15-10-20-13)14-6-7-18-8-11-4-2-1-3-5-11/h1-5,10H,6-9H2,(H,14,17). The van der Waals surface area contributed by atoms with Gasteiger partial charge in [-0.05, 0) is 5.56 Å². The number of carbonyl (C=O) groups is 1. The minimum atomic E-state index is 0.0468. The van der Waals surface area contributed by atoms with E-state index in [-0.39, 0.29) is 5.91 Å². The topological polar surface area (TPSA) is 54.9 Å². The number of amides is 1. The first-order valence-corrected chi connectivity index (χ1v) is 9.14. The van der Waals surface area contributed by atoms with Gasteiger partial charge in [-0.1, -0.05) is 53.4 Å². The molecule has 4 nitrogen and oxygen atoms in total. The van der Waals surface area contributed by atoms with E-state index in [1.807, 2.05) is 30.0 Å². The second-order valence-electron chi connectivity index (χ2n) is 3.88. The molecule has 20 heavy (non-hydrogen) atoms. The molecule has 0 spiro atoms. The lowest BCUT2D eigenvalue weighted by Crippen LogP contribution is -2.27. The Labute approximate surface area is 130 Å². The summed E-state index contributed by atoms with van der Waals surface area (Å²) < 4.78 is 0.832. The van der Waals surface area contributed by atoms with Crippen molar-refractivity contribution in [3.8, 4) is 0 Å². The number of benzene rings is 1. The first-order valence-electron chi connectivity index (χ1n) is 6.12. The Morgan fingerprint density at radius 3 is 2.90 bits per heavy atom. The summed E-state index contributed by atoms with van der Waals surface area (Å²) in [5.74, 6) is 2.35. The number of hydrogen-bond donors (Lipinski definition) is 1. The largest absolute Gasteiger partial charge is 0.355 e. The summed E-state index contributed by atoms with van der Waals surface area (Å²) in [6, 6.07) is 10.3. The fraction of sp³-hybridized carbons (Fsp3) is 0.308.